The Morgan fingerprint density at radius 2 is 0.909 bits per heavy atom. The lowest BCUT2D eigenvalue weighted by Gasteiger charge is -2.22. The number of rotatable bonds is 13. The second kappa shape index (κ2) is 12.4. The average Bonchev–Trinajstić information content (AvgIpc) is 2.34. The molecule has 4 atom stereocenters. The molecular weight excluding hydrogens is 264 g/mol. The van der Waals surface area contributed by atoms with Crippen LogP contribution in [-0.2, 0) is 0 Å². The topological polar surface area (TPSA) is 0 Å². The van der Waals surface area contributed by atoms with Gasteiger partial charge in [-0.15, -0.1) is 0 Å². The molecule has 0 heteroatoms. The second-order valence-corrected chi connectivity index (χ2v) is 9.42. The molecule has 22 heavy (non-hydrogen) atoms. The summed E-state index contributed by atoms with van der Waals surface area (Å²) in [7, 11) is 0. The van der Waals surface area contributed by atoms with Crippen LogP contribution in [0.25, 0.3) is 0 Å². The van der Waals surface area contributed by atoms with Crippen molar-refractivity contribution in [2.45, 2.75) is 107 Å². The molecule has 0 radical (unpaired) electrons. The molecule has 0 aliphatic rings. The Hall–Kier alpha value is 0. The lowest BCUT2D eigenvalue weighted by molar-refractivity contribution is 0.294. The van der Waals surface area contributed by atoms with Gasteiger partial charge in [0.15, 0.2) is 0 Å². The monoisotopic (exact) mass is 310 g/mol. The molecule has 0 N–H and O–H groups in total. The van der Waals surface area contributed by atoms with Crippen molar-refractivity contribution in [3.8, 4) is 0 Å². The van der Waals surface area contributed by atoms with E-state index in [2.05, 4.69) is 55.4 Å². The zero-order chi connectivity index (χ0) is 17.1. The van der Waals surface area contributed by atoms with Crippen LogP contribution in [0.15, 0.2) is 0 Å². The fraction of sp³-hybridized carbons (Fsp3) is 1.00. The van der Waals surface area contributed by atoms with E-state index in [1.54, 1.807) is 0 Å². The van der Waals surface area contributed by atoms with Crippen molar-refractivity contribution in [3.63, 3.8) is 0 Å². The zero-order valence-electron chi connectivity index (χ0n) is 17.1. The van der Waals surface area contributed by atoms with Gasteiger partial charge in [-0.05, 0) is 54.8 Å². The Kier molecular flexibility index (Phi) is 12.4. The van der Waals surface area contributed by atoms with Crippen molar-refractivity contribution >= 4 is 0 Å². The van der Waals surface area contributed by atoms with Gasteiger partial charge in [0, 0.05) is 0 Å². The van der Waals surface area contributed by atoms with Crippen molar-refractivity contribution in [1.82, 2.24) is 0 Å². The maximum Gasteiger partial charge on any atom is -0.0438 e. The van der Waals surface area contributed by atoms with Crippen molar-refractivity contribution in [1.29, 1.82) is 0 Å². The van der Waals surface area contributed by atoms with E-state index in [4.69, 9.17) is 0 Å². The summed E-state index contributed by atoms with van der Waals surface area (Å²) in [6, 6.07) is 0. The summed E-state index contributed by atoms with van der Waals surface area (Å²) < 4.78 is 0. The maximum atomic E-state index is 2.48. The normalized spacial score (nSPS) is 17.7. The van der Waals surface area contributed by atoms with Gasteiger partial charge in [0.2, 0.25) is 0 Å². The summed E-state index contributed by atoms with van der Waals surface area (Å²) >= 11 is 0. The first-order valence-electron chi connectivity index (χ1n) is 10.2. The Morgan fingerprint density at radius 1 is 0.409 bits per heavy atom. The Labute approximate surface area is 142 Å². The SMILES string of the molecule is CC(C)CCCC(C)CCC(C)CC(C)CC(C)CC(C)C. The molecule has 0 bridgehead atoms. The van der Waals surface area contributed by atoms with Crippen LogP contribution in [-0.4, -0.2) is 0 Å². The highest BCUT2D eigenvalue weighted by Gasteiger charge is 2.14. The van der Waals surface area contributed by atoms with E-state index in [1.165, 1.54) is 51.4 Å². The Morgan fingerprint density at radius 3 is 1.45 bits per heavy atom. The predicted molar refractivity (Wildman–Crippen MR) is 103 cm³/mol. The van der Waals surface area contributed by atoms with Gasteiger partial charge < -0.3 is 0 Å². The first kappa shape index (κ1) is 22.0. The second-order valence-electron chi connectivity index (χ2n) is 9.42. The van der Waals surface area contributed by atoms with Crippen LogP contribution in [0.4, 0.5) is 0 Å². The van der Waals surface area contributed by atoms with Gasteiger partial charge in [0.25, 0.3) is 0 Å². The minimum absolute atomic E-state index is 0.853. The van der Waals surface area contributed by atoms with Crippen molar-refractivity contribution in [2.75, 3.05) is 0 Å². The minimum Gasteiger partial charge on any atom is -0.0628 e. The first-order valence-corrected chi connectivity index (χ1v) is 10.2. The molecule has 0 rings (SSSR count). The Bertz CT molecular complexity index is 240. The molecule has 0 aromatic rings. The number of hydrogen-bond donors (Lipinski definition) is 0. The van der Waals surface area contributed by atoms with Crippen LogP contribution >= 0.6 is 0 Å². The molecule has 0 spiro atoms. The zero-order valence-corrected chi connectivity index (χ0v) is 17.1. The fourth-order valence-corrected chi connectivity index (χ4v) is 4.08. The Balaban J connectivity index is 3.76. The quantitative estimate of drug-likeness (QED) is 0.323. The van der Waals surface area contributed by atoms with Gasteiger partial charge in [-0.25, -0.2) is 0 Å². The highest BCUT2D eigenvalue weighted by atomic mass is 14.2. The smallest absolute Gasteiger partial charge is 0.0438 e. The lowest BCUT2D eigenvalue weighted by Crippen LogP contribution is -2.10. The molecule has 0 fully saturated rings. The number of hydrogen-bond acceptors (Lipinski definition) is 0. The average molecular weight is 311 g/mol. The van der Waals surface area contributed by atoms with Crippen LogP contribution in [0.1, 0.15) is 107 Å². The molecule has 0 aliphatic heterocycles. The third-order valence-electron chi connectivity index (χ3n) is 5.11. The fourth-order valence-electron chi connectivity index (χ4n) is 4.08. The first-order chi connectivity index (χ1) is 10.2. The van der Waals surface area contributed by atoms with E-state index in [9.17, 15) is 0 Å². The summed E-state index contributed by atoms with van der Waals surface area (Å²) in [5.74, 6) is 5.37. The summed E-state index contributed by atoms with van der Waals surface area (Å²) in [5.41, 5.74) is 0. The van der Waals surface area contributed by atoms with Crippen LogP contribution in [0, 0.1) is 35.5 Å². The summed E-state index contributed by atoms with van der Waals surface area (Å²) in [4.78, 5) is 0. The van der Waals surface area contributed by atoms with Gasteiger partial charge in [0.05, 0.1) is 0 Å². The highest BCUT2D eigenvalue weighted by Crippen LogP contribution is 2.27. The molecule has 134 valence electrons. The van der Waals surface area contributed by atoms with Gasteiger partial charge in [-0.1, -0.05) is 87.5 Å². The highest BCUT2D eigenvalue weighted by molar-refractivity contribution is 4.66. The van der Waals surface area contributed by atoms with Gasteiger partial charge in [-0.2, -0.15) is 0 Å². The van der Waals surface area contributed by atoms with Crippen molar-refractivity contribution in [3.05, 3.63) is 0 Å². The van der Waals surface area contributed by atoms with Gasteiger partial charge in [0.1, 0.15) is 0 Å². The largest absolute Gasteiger partial charge is 0.0628 e. The molecule has 0 aromatic heterocycles. The third-order valence-corrected chi connectivity index (χ3v) is 5.11. The summed E-state index contributed by atoms with van der Waals surface area (Å²) in [6.45, 7) is 19.2. The van der Waals surface area contributed by atoms with E-state index in [1.807, 2.05) is 0 Å². The van der Waals surface area contributed by atoms with Crippen molar-refractivity contribution in [2.24, 2.45) is 35.5 Å². The summed E-state index contributed by atoms with van der Waals surface area (Å²) in [5, 5.41) is 0. The molecule has 0 amide bonds. The maximum absolute atomic E-state index is 2.48. The van der Waals surface area contributed by atoms with Crippen molar-refractivity contribution < 1.29 is 0 Å². The molecule has 0 saturated heterocycles. The van der Waals surface area contributed by atoms with Gasteiger partial charge in [-0.3, -0.25) is 0 Å². The molecule has 0 aromatic carbocycles. The molecule has 0 heterocycles. The molecule has 0 aliphatic carbocycles. The molecule has 0 nitrogen and oxygen atoms in total. The molecule has 0 saturated carbocycles. The molecule has 4 unspecified atom stereocenters. The van der Waals surface area contributed by atoms with E-state index in [-0.39, 0.29) is 0 Å². The minimum atomic E-state index is 0.853. The lowest BCUT2D eigenvalue weighted by atomic mass is 9.84. The van der Waals surface area contributed by atoms with Crippen LogP contribution in [0.2, 0.25) is 0 Å². The summed E-state index contributed by atoms with van der Waals surface area (Å²) in [6.07, 6.45) is 11.4. The van der Waals surface area contributed by atoms with E-state index in [0.717, 1.165) is 35.5 Å². The predicted octanol–water partition coefficient (Wildman–Crippen LogP) is 7.96. The standard InChI is InChI=1S/C22H46/c1-17(2)10-9-11-19(5)12-13-20(6)15-22(8)16-21(7)14-18(3)4/h17-22H,9-16H2,1-8H3. The van der Waals surface area contributed by atoms with Crippen LogP contribution < -0.4 is 0 Å². The molecular formula is C22H46. The van der Waals surface area contributed by atoms with E-state index in [0.29, 0.717) is 0 Å². The van der Waals surface area contributed by atoms with E-state index >= 15 is 0 Å². The van der Waals surface area contributed by atoms with Crippen LogP contribution in [0.3, 0.4) is 0 Å². The van der Waals surface area contributed by atoms with Gasteiger partial charge >= 0.3 is 0 Å². The van der Waals surface area contributed by atoms with Crippen LogP contribution in [0.5, 0.6) is 0 Å². The third kappa shape index (κ3) is 13.6. The van der Waals surface area contributed by atoms with E-state index < -0.39 is 0 Å².